The second kappa shape index (κ2) is 8.02. The summed E-state index contributed by atoms with van der Waals surface area (Å²) < 4.78 is 0. The Bertz CT molecular complexity index is 639. The third-order valence-electron chi connectivity index (χ3n) is 4.47. The Labute approximate surface area is 143 Å². The van der Waals surface area contributed by atoms with Gasteiger partial charge in [0, 0.05) is 11.3 Å². The topological polar surface area (TPSA) is 55.1 Å². The summed E-state index contributed by atoms with van der Waals surface area (Å²) in [5.74, 6) is 0.473. The van der Waals surface area contributed by atoms with E-state index in [1.165, 1.54) is 31.2 Å². The molecule has 0 aromatic heterocycles. The summed E-state index contributed by atoms with van der Waals surface area (Å²) >= 11 is 0. The normalized spacial score (nSPS) is 15.7. The summed E-state index contributed by atoms with van der Waals surface area (Å²) in [7, 11) is 0. The van der Waals surface area contributed by atoms with Gasteiger partial charge in [-0.15, -0.1) is 12.4 Å². The van der Waals surface area contributed by atoms with Crippen molar-refractivity contribution < 1.29 is 4.79 Å². The highest BCUT2D eigenvalue weighted by atomic mass is 35.5. The van der Waals surface area contributed by atoms with Gasteiger partial charge in [-0.05, 0) is 42.5 Å². The zero-order valence-electron chi connectivity index (χ0n) is 13.1. The average molecular weight is 331 g/mol. The quantitative estimate of drug-likeness (QED) is 0.819. The Hall–Kier alpha value is -2.00. The monoisotopic (exact) mass is 330 g/mol. The number of nitrogens with one attached hydrogen (secondary N) is 1. The van der Waals surface area contributed by atoms with Crippen LogP contribution in [0.4, 0.5) is 5.69 Å². The number of hydrogen-bond donors (Lipinski definition) is 2. The molecule has 0 radical (unpaired) electrons. The van der Waals surface area contributed by atoms with Crippen LogP contribution in [-0.2, 0) is 0 Å². The molecular weight excluding hydrogens is 308 g/mol. The third-order valence-corrected chi connectivity index (χ3v) is 4.47. The van der Waals surface area contributed by atoms with Gasteiger partial charge in [0.15, 0.2) is 0 Å². The van der Waals surface area contributed by atoms with E-state index in [4.69, 9.17) is 5.73 Å². The van der Waals surface area contributed by atoms with E-state index in [-0.39, 0.29) is 24.4 Å². The fourth-order valence-corrected chi connectivity index (χ4v) is 3.33. The summed E-state index contributed by atoms with van der Waals surface area (Å²) in [6.07, 6.45) is 4.86. The zero-order chi connectivity index (χ0) is 15.4. The fourth-order valence-electron chi connectivity index (χ4n) is 3.33. The Kier molecular flexibility index (Phi) is 6.05. The molecule has 1 fully saturated rings. The van der Waals surface area contributed by atoms with Crippen molar-refractivity contribution in [1.82, 2.24) is 5.32 Å². The molecule has 23 heavy (non-hydrogen) atoms. The molecule has 2 aromatic carbocycles. The third kappa shape index (κ3) is 4.26. The number of nitrogen functional groups attached to an aromatic ring is 1. The van der Waals surface area contributed by atoms with Crippen molar-refractivity contribution in [3.05, 3.63) is 65.7 Å². The molecule has 1 atom stereocenters. The smallest absolute Gasteiger partial charge is 0.251 e. The molecular formula is C19H23ClN2O. The first-order chi connectivity index (χ1) is 10.7. The Morgan fingerprint density at radius 2 is 1.74 bits per heavy atom. The Morgan fingerprint density at radius 3 is 2.39 bits per heavy atom. The lowest BCUT2D eigenvalue weighted by Crippen LogP contribution is -2.32. The van der Waals surface area contributed by atoms with Gasteiger partial charge in [0.2, 0.25) is 0 Å². The number of amides is 1. The molecule has 0 spiro atoms. The van der Waals surface area contributed by atoms with Gasteiger partial charge in [-0.3, -0.25) is 4.79 Å². The predicted molar refractivity (Wildman–Crippen MR) is 96.7 cm³/mol. The zero-order valence-corrected chi connectivity index (χ0v) is 13.9. The van der Waals surface area contributed by atoms with Crippen molar-refractivity contribution in [2.75, 3.05) is 5.73 Å². The number of rotatable bonds is 4. The number of anilines is 1. The van der Waals surface area contributed by atoms with Crippen LogP contribution in [0.5, 0.6) is 0 Å². The first kappa shape index (κ1) is 17.4. The highest BCUT2D eigenvalue weighted by Gasteiger charge is 2.27. The van der Waals surface area contributed by atoms with Gasteiger partial charge in [0.25, 0.3) is 5.91 Å². The van der Waals surface area contributed by atoms with Gasteiger partial charge < -0.3 is 11.1 Å². The fraction of sp³-hybridized carbons (Fsp3) is 0.316. The minimum atomic E-state index is -0.0481. The molecule has 1 saturated carbocycles. The van der Waals surface area contributed by atoms with Crippen molar-refractivity contribution in [3.8, 4) is 0 Å². The van der Waals surface area contributed by atoms with Gasteiger partial charge in [-0.2, -0.15) is 0 Å². The van der Waals surface area contributed by atoms with Gasteiger partial charge in [-0.1, -0.05) is 49.2 Å². The number of hydrogen-bond acceptors (Lipinski definition) is 2. The number of halogens is 1. The van der Waals surface area contributed by atoms with Crippen LogP contribution in [0.2, 0.25) is 0 Å². The molecule has 0 saturated heterocycles. The molecule has 2 aromatic rings. The molecule has 1 aliphatic rings. The number of benzene rings is 2. The van der Waals surface area contributed by atoms with Gasteiger partial charge >= 0.3 is 0 Å². The van der Waals surface area contributed by atoms with Crippen molar-refractivity contribution in [2.24, 2.45) is 5.92 Å². The summed E-state index contributed by atoms with van der Waals surface area (Å²) in [6.45, 7) is 0. The minimum absolute atomic E-state index is 0. The van der Waals surface area contributed by atoms with Crippen LogP contribution in [-0.4, -0.2) is 5.91 Å². The van der Waals surface area contributed by atoms with Crippen LogP contribution in [0.3, 0.4) is 0 Å². The van der Waals surface area contributed by atoms with E-state index < -0.39 is 0 Å². The van der Waals surface area contributed by atoms with Crippen LogP contribution in [0, 0.1) is 5.92 Å². The molecule has 1 aliphatic carbocycles. The maximum atomic E-state index is 12.6. The molecule has 122 valence electrons. The Balaban J connectivity index is 0.00000192. The average Bonchev–Trinajstić information content (AvgIpc) is 3.07. The van der Waals surface area contributed by atoms with E-state index >= 15 is 0 Å². The SMILES string of the molecule is Cl.Nc1cccc(C(=O)NC(c2ccccc2)C2CCCC2)c1. The molecule has 0 heterocycles. The van der Waals surface area contributed by atoms with Crippen molar-refractivity contribution >= 4 is 24.0 Å². The first-order valence-corrected chi connectivity index (χ1v) is 7.95. The van der Waals surface area contributed by atoms with Crippen molar-refractivity contribution in [3.63, 3.8) is 0 Å². The predicted octanol–water partition coefficient (Wildman–Crippen LogP) is 4.35. The second-order valence-corrected chi connectivity index (χ2v) is 6.03. The maximum Gasteiger partial charge on any atom is 0.251 e. The van der Waals surface area contributed by atoms with E-state index in [1.54, 1.807) is 12.1 Å². The standard InChI is InChI=1S/C19H22N2O.ClH/c20-17-12-6-11-16(13-17)19(22)21-18(15-9-4-5-10-15)14-7-2-1-3-8-14;/h1-3,6-8,11-13,15,18H,4-5,9-10,20H2,(H,21,22);1H. The molecule has 1 amide bonds. The molecule has 3 rings (SSSR count). The minimum Gasteiger partial charge on any atom is -0.399 e. The lowest BCUT2D eigenvalue weighted by molar-refractivity contribution is 0.0922. The van der Waals surface area contributed by atoms with Crippen LogP contribution in [0.15, 0.2) is 54.6 Å². The van der Waals surface area contributed by atoms with Gasteiger partial charge in [0.05, 0.1) is 6.04 Å². The lowest BCUT2D eigenvalue weighted by atomic mass is 9.91. The first-order valence-electron chi connectivity index (χ1n) is 7.95. The second-order valence-electron chi connectivity index (χ2n) is 6.03. The molecule has 0 bridgehead atoms. The molecule has 1 unspecified atom stereocenters. The largest absolute Gasteiger partial charge is 0.399 e. The van der Waals surface area contributed by atoms with Crippen molar-refractivity contribution in [2.45, 2.75) is 31.7 Å². The van der Waals surface area contributed by atoms with E-state index in [1.807, 2.05) is 30.3 Å². The van der Waals surface area contributed by atoms with Crippen LogP contribution in [0.25, 0.3) is 0 Å². The molecule has 3 nitrogen and oxygen atoms in total. The maximum absolute atomic E-state index is 12.6. The molecule has 4 heteroatoms. The van der Waals surface area contributed by atoms with E-state index in [9.17, 15) is 4.79 Å². The highest BCUT2D eigenvalue weighted by molar-refractivity contribution is 5.95. The number of carbonyl (C=O) groups excluding carboxylic acids is 1. The molecule has 3 N–H and O–H groups in total. The highest BCUT2D eigenvalue weighted by Crippen LogP contribution is 2.35. The van der Waals surface area contributed by atoms with Crippen LogP contribution in [0.1, 0.15) is 47.6 Å². The van der Waals surface area contributed by atoms with E-state index in [2.05, 4.69) is 17.4 Å². The number of nitrogens with two attached hydrogens (primary N) is 1. The van der Waals surface area contributed by atoms with Gasteiger partial charge in [-0.25, -0.2) is 0 Å². The van der Waals surface area contributed by atoms with Gasteiger partial charge in [0.1, 0.15) is 0 Å². The summed E-state index contributed by atoms with van der Waals surface area (Å²) in [4.78, 5) is 12.6. The summed E-state index contributed by atoms with van der Waals surface area (Å²) in [5.41, 5.74) is 8.21. The summed E-state index contributed by atoms with van der Waals surface area (Å²) in [6, 6.07) is 17.5. The lowest BCUT2D eigenvalue weighted by Gasteiger charge is -2.25. The van der Waals surface area contributed by atoms with Crippen molar-refractivity contribution in [1.29, 1.82) is 0 Å². The van der Waals surface area contributed by atoms with Crippen LogP contribution >= 0.6 is 12.4 Å². The number of carbonyl (C=O) groups is 1. The van der Waals surface area contributed by atoms with E-state index in [0.717, 1.165) is 0 Å². The molecule has 0 aliphatic heterocycles. The van der Waals surface area contributed by atoms with Crippen LogP contribution < -0.4 is 11.1 Å². The Morgan fingerprint density at radius 1 is 1.04 bits per heavy atom. The van der Waals surface area contributed by atoms with E-state index in [0.29, 0.717) is 17.2 Å². The summed E-state index contributed by atoms with van der Waals surface area (Å²) in [5, 5.41) is 3.22.